The number of nitrogens with one attached hydrogen (secondary N) is 2. The maximum absolute atomic E-state index is 13.4. The van der Waals surface area contributed by atoms with Gasteiger partial charge in [-0.15, -0.1) is 0 Å². The summed E-state index contributed by atoms with van der Waals surface area (Å²) in [5.74, 6) is -1.04. The summed E-state index contributed by atoms with van der Waals surface area (Å²) in [5, 5.41) is 2.95. The Kier molecular flexibility index (Phi) is 10.2. The minimum absolute atomic E-state index is 0.0120. The molecule has 40 heavy (non-hydrogen) atoms. The fourth-order valence-electron chi connectivity index (χ4n) is 4.13. The topological polar surface area (TPSA) is 102 Å². The number of hydrogen-bond acceptors (Lipinski definition) is 5. The lowest BCUT2D eigenvalue weighted by Crippen LogP contribution is -2.46. The summed E-state index contributed by atoms with van der Waals surface area (Å²) < 4.78 is 35.0. The Morgan fingerprint density at radius 1 is 0.725 bits per heavy atom. The second-order valence-electron chi connectivity index (χ2n) is 9.15. The van der Waals surface area contributed by atoms with Crippen LogP contribution in [0, 0.1) is 0 Å². The molecule has 0 unspecified atom stereocenters. The van der Waals surface area contributed by atoms with Gasteiger partial charge in [-0.2, -0.15) is 4.72 Å². The number of carbonyl (C=O) groups excluding carboxylic acids is 2. The SMILES string of the molecule is O=C(N[C@H](COC(=O)[C@@H](Cc1ccccc1)NS(=O)(=O)c1ccccc1Br)Cc1ccccc1)c1ccccc1. The van der Waals surface area contributed by atoms with Crippen molar-refractivity contribution in [3.63, 3.8) is 0 Å². The highest BCUT2D eigenvalue weighted by Gasteiger charge is 2.29. The zero-order valence-corrected chi connectivity index (χ0v) is 24.0. The Hall–Kier alpha value is -3.79. The summed E-state index contributed by atoms with van der Waals surface area (Å²) in [6.45, 7) is -0.144. The molecule has 0 radical (unpaired) electrons. The lowest BCUT2D eigenvalue weighted by Gasteiger charge is -2.22. The smallest absolute Gasteiger partial charge is 0.324 e. The lowest BCUT2D eigenvalue weighted by molar-refractivity contribution is -0.146. The largest absolute Gasteiger partial charge is 0.462 e. The van der Waals surface area contributed by atoms with Gasteiger partial charge in [-0.05, 0) is 64.2 Å². The number of esters is 1. The molecule has 206 valence electrons. The van der Waals surface area contributed by atoms with Crippen LogP contribution in [-0.2, 0) is 32.4 Å². The van der Waals surface area contributed by atoms with Crippen LogP contribution in [0.15, 0.2) is 125 Å². The Labute approximate surface area is 242 Å². The van der Waals surface area contributed by atoms with Crippen LogP contribution in [0.3, 0.4) is 0 Å². The van der Waals surface area contributed by atoms with Crippen LogP contribution in [0.1, 0.15) is 21.5 Å². The Morgan fingerprint density at radius 3 is 1.85 bits per heavy atom. The number of hydrogen-bond donors (Lipinski definition) is 2. The van der Waals surface area contributed by atoms with Crippen molar-refractivity contribution in [1.29, 1.82) is 0 Å². The number of amides is 1. The number of ether oxygens (including phenoxy) is 1. The van der Waals surface area contributed by atoms with E-state index in [0.29, 0.717) is 16.5 Å². The van der Waals surface area contributed by atoms with E-state index in [-0.39, 0.29) is 23.8 Å². The average Bonchev–Trinajstić information content (AvgIpc) is 2.97. The molecule has 1 amide bonds. The van der Waals surface area contributed by atoms with E-state index in [1.165, 1.54) is 6.07 Å². The van der Waals surface area contributed by atoms with Crippen molar-refractivity contribution in [2.45, 2.75) is 29.8 Å². The first-order valence-corrected chi connectivity index (χ1v) is 15.0. The third-order valence-electron chi connectivity index (χ3n) is 6.11. The van der Waals surface area contributed by atoms with E-state index in [4.69, 9.17) is 4.74 Å². The molecule has 2 N–H and O–H groups in total. The molecule has 4 aromatic rings. The van der Waals surface area contributed by atoms with Crippen LogP contribution in [0.2, 0.25) is 0 Å². The molecular formula is C31H29BrN2O5S. The molecule has 0 aliphatic rings. The molecule has 0 spiro atoms. The predicted molar refractivity (Wildman–Crippen MR) is 157 cm³/mol. The molecule has 0 aliphatic heterocycles. The van der Waals surface area contributed by atoms with Gasteiger partial charge in [0, 0.05) is 10.0 Å². The summed E-state index contributed by atoms with van der Waals surface area (Å²) in [6, 6.07) is 32.0. The van der Waals surface area contributed by atoms with Crippen molar-refractivity contribution >= 4 is 37.8 Å². The van der Waals surface area contributed by atoms with Gasteiger partial charge in [0.2, 0.25) is 10.0 Å². The van der Waals surface area contributed by atoms with Crippen LogP contribution >= 0.6 is 15.9 Å². The molecule has 9 heteroatoms. The highest BCUT2D eigenvalue weighted by Crippen LogP contribution is 2.22. The van der Waals surface area contributed by atoms with E-state index in [9.17, 15) is 18.0 Å². The summed E-state index contributed by atoms with van der Waals surface area (Å²) in [5.41, 5.74) is 2.19. The molecule has 0 bridgehead atoms. The summed E-state index contributed by atoms with van der Waals surface area (Å²) in [7, 11) is -4.06. The molecule has 4 aromatic carbocycles. The van der Waals surface area contributed by atoms with Gasteiger partial charge in [0.15, 0.2) is 0 Å². The van der Waals surface area contributed by atoms with Gasteiger partial charge in [0.05, 0.1) is 10.9 Å². The van der Waals surface area contributed by atoms with Crippen LogP contribution in [0.4, 0.5) is 0 Å². The number of benzene rings is 4. The van der Waals surface area contributed by atoms with Gasteiger partial charge in [0.1, 0.15) is 12.6 Å². The number of sulfonamides is 1. The maximum Gasteiger partial charge on any atom is 0.324 e. The predicted octanol–water partition coefficient (Wildman–Crippen LogP) is 4.92. The fourth-order valence-corrected chi connectivity index (χ4v) is 6.32. The second-order valence-corrected chi connectivity index (χ2v) is 11.7. The van der Waals surface area contributed by atoms with Crippen molar-refractivity contribution in [3.8, 4) is 0 Å². The van der Waals surface area contributed by atoms with Gasteiger partial charge in [-0.3, -0.25) is 9.59 Å². The molecule has 4 rings (SSSR count). The Morgan fingerprint density at radius 2 is 1.25 bits per heavy atom. The molecule has 7 nitrogen and oxygen atoms in total. The highest BCUT2D eigenvalue weighted by atomic mass is 79.9. The molecular weight excluding hydrogens is 592 g/mol. The minimum Gasteiger partial charge on any atom is -0.462 e. The summed E-state index contributed by atoms with van der Waals surface area (Å²) in [4.78, 5) is 26.3. The number of carbonyl (C=O) groups is 2. The summed E-state index contributed by atoms with van der Waals surface area (Å²) >= 11 is 3.27. The summed E-state index contributed by atoms with van der Waals surface area (Å²) in [6.07, 6.45) is 0.502. The molecule has 2 atom stereocenters. The number of rotatable bonds is 12. The first-order chi connectivity index (χ1) is 19.3. The molecule has 0 heterocycles. The van der Waals surface area contributed by atoms with Gasteiger partial charge in [-0.25, -0.2) is 8.42 Å². The van der Waals surface area contributed by atoms with Crippen molar-refractivity contribution in [2.24, 2.45) is 0 Å². The van der Waals surface area contributed by atoms with Crippen molar-refractivity contribution < 1.29 is 22.7 Å². The van der Waals surface area contributed by atoms with Gasteiger partial charge >= 0.3 is 5.97 Å². The van der Waals surface area contributed by atoms with Crippen molar-refractivity contribution in [3.05, 3.63) is 136 Å². The normalized spacial score (nSPS) is 12.7. The van der Waals surface area contributed by atoms with E-state index in [1.54, 1.807) is 42.5 Å². The van der Waals surface area contributed by atoms with Crippen LogP contribution in [0.5, 0.6) is 0 Å². The van der Waals surface area contributed by atoms with Gasteiger partial charge < -0.3 is 10.1 Å². The van der Waals surface area contributed by atoms with Crippen molar-refractivity contribution in [1.82, 2.24) is 10.0 Å². The third-order valence-corrected chi connectivity index (χ3v) is 8.60. The number of halogens is 1. The second kappa shape index (κ2) is 14.0. The zero-order valence-electron chi connectivity index (χ0n) is 21.6. The van der Waals surface area contributed by atoms with Gasteiger partial charge in [0.25, 0.3) is 5.91 Å². The third kappa shape index (κ3) is 8.35. The van der Waals surface area contributed by atoms with Crippen LogP contribution in [-0.4, -0.2) is 39.0 Å². The molecule has 0 aliphatic carbocycles. The van der Waals surface area contributed by atoms with Crippen molar-refractivity contribution in [2.75, 3.05) is 6.61 Å². The lowest BCUT2D eigenvalue weighted by atomic mass is 10.1. The molecule has 0 saturated carbocycles. The highest BCUT2D eigenvalue weighted by molar-refractivity contribution is 9.10. The van der Waals surface area contributed by atoms with E-state index < -0.39 is 28.1 Å². The maximum atomic E-state index is 13.4. The van der Waals surface area contributed by atoms with E-state index >= 15 is 0 Å². The molecule has 0 aromatic heterocycles. The Balaban J connectivity index is 1.52. The fraction of sp³-hybridized carbons (Fsp3) is 0.161. The van der Waals surface area contributed by atoms with E-state index in [2.05, 4.69) is 26.0 Å². The van der Waals surface area contributed by atoms with E-state index in [1.807, 2.05) is 66.7 Å². The van der Waals surface area contributed by atoms with Gasteiger partial charge in [-0.1, -0.05) is 91.0 Å². The van der Waals surface area contributed by atoms with E-state index in [0.717, 1.165) is 11.1 Å². The average molecular weight is 622 g/mol. The zero-order chi connectivity index (χ0) is 28.4. The molecule has 0 saturated heterocycles. The monoisotopic (exact) mass is 620 g/mol. The van der Waals surface area contributed by atoms with Crippen LogP contribution in [0.25, 0.3) is 0 Å². The Bertz CT molecular complexity index is 1520. The van der Waals surface area contributed by atoms with Crippen LogP contribution < -0.4 is 10.0 Å². The minimum atomic E-state index is -4.06. The quantitative estimate of drug-likeness (QED) is 0.219. The standard InChI is InChI=1S/C31H29BrN2O5S/c32-27-18-10-11-19-29(27)40(37,38)34-28(21-24-14-6-2-7-15-24)31(36)39-22-26(20-23-12-4-1-5-13-23)33-30(35)25-16-8-3-9-17-25/h1-19,26,28,34H,20-22H2,(H,33,35)/t26-,28+/m0/s1. The molecule has 0 fully saturated rings. The first kappa shape index (κ1) is 29.2. The first-order valence-electron chi connectivity index (χ1n) is 12.7.